The number of benzene rings is 1. The van der Waals surface area contributed by atoms with Gasteiger partial charge in [-0.25, -0.2) is 0 Å². The lowest BCUT2D eigenvalue weighted by Crippen LogP contribution is -2.35. The smallest absolute Gasteiger partial charge is 0.0369 e. The predicted molar refractivity (Wildman–Crippen MR) is 80.5 cm³/mol. The summed E-state index contributed by atoms with van der Waals surface area (Å²) in [6.07, 6.45) is 0. The molecule has 3 heteroatoms. The van der Waals surface area contributed by atoms with E-state index in [9.17, 15) is 0 Å². The van der Waals surface area contributed by atoms with Gasteiger partial charge in [0.1, 0.15) is 0 Å². The van der Waals surface area contributed by atoms with Crippen LogP contribution in [0.15, 0.2) is 24.3 Å². The number of hydrogen-bond acceptors (Lipinski definition) is 3. The quantitative estimate of drug-likeness (QED) is 0.711. The summed E-state index contributed by atoms with van der Waals surface area (Å²) in [5.74, 6) is 0. The summed E-state index contributed by atoms with van der Waals surface area (Å²) in [7, 11) is 4.21. The molecule has 0 amide bonds. The van der Waals surface area contributed by atoms with Crippen LogP contribution in [0.2, 0.25) is 0 Å². The van der Waals surface area contributed by atoms with Gasteiger partial charge in [0.15, 0.2) is 0 Å². The van der Waals surface area contributed by atoms with Crippen LogP contribution in [-0.2, 0) is 0 Å². The Kier molecular flexibility index (Phi) is 6.76. The molecule has 18 heavy (non-hydrogen) atoms. The van der Waals surface area contributed by atoms with E-state index < -0.39 is 0 Å². The zero-order valence-electron chi connectivity index (χ0n) is 12.2. The van der Waals surface area contributed by atoms with E-state index in [1.807, 2.05) is 0 Å². The van der Waals surface area contributed by atoms with Crippen molar-refractivity contribution >= 4 is 5.69 Å². The number of likely N-dealkylation sites (N-methyl/N-ethyl adjacent to an activating group) is 2. The molecule has 0 aliphatic carbocycles. The Morgan fingerprint density at radius 2 is 1.83 bits per heavy atom. The van der Waals surface area contributed by atoms with E-state index in [1.165, 1.54) is 11.3 Å². The van der Waals surface area contributed by atoms with Gasteiger partial charge in [0.2, 0.25) is 0 Å². The van der Waals surface area contributed by atoms with E-state index in [-0.39, 0.29) is 0 Å². The first-order valence-corrected chi connectivity index (χ1v) is 6.80. The van der Waals surface area contributed by atoms with E-state index in [1.54, 1.807) is 0 Å². The van der Waals surface area contributed by atoms with Gasteiger partial charge in [0.05, 0.1) is 0 Å². The van der Waals surface area contributed by atoms with Crippen molar-refractivity contribution in [3.8, 4) is 0 Å². The van der Waals surface area contributed by atoms with Crippen molar-refractivity contribution in [2.45, 2.75) is 13.8 Å². The molecule has 0 unspecified atom stereocenters. The molecular formula is C15H27N3. The van der Waals surface area contributed by atoms with E-state index >= 15 is 0 Å². The summed E-state index contributed by atoms with van der Waals surface area (Å²) in [6.45, 7) is 9.66. The maximum atomic E-state index is 3.48. The van der Waals surface area contributed by atoms with Crippen molar-refractivity contribution in [2.24, 2.45) is 0 Å². The molecule has 0 aromatic heterocycles. The van der Waals surface area contributed by atoms with Crippen molar-refractivity contribution < 1.29 is 0 Å². The minimum absolute atomic E-state index is 1.04. The summed E-state index contributed by atoms with van der Waals surface area (Å²) in [5, 5.41) is 3.48. The summed E-state index contributed by atoms with van der Waals surface area (Å²) < 4.78 is 0. The van der Waals surface area contributed by atoms with E-state index in [4.69, 9.17) is 0 Å². The zero-order chi connectivity index (χ0) is 13.4. The Hall–Kier alpha value is -1.06. The van der Waals surface area contributed by atoms with Gasteiger partial charge in [-0.1, -0.05) is 12.1 Å². The molecule has 0 saturated carbocycles. The molecule has 0 bridgehead atoms. The van der Waals surface area contributed by atoms with Crippen LogP contribution in [0.4, 0.5) is 5.69 Å². The standard InChI is InChI=1S/C15H27N3/c1-5-18(12-10-16-9-11-17(3)4)15-8-6-7-14(2)13-15/h6-8,13,16H,5,9-12H2,1-4H3. The maximum Gasteiger partial charge on any atom is 0.0369 e. The first-order chi connectivity index (χ1) is 8.63. The van der Waals surface area contributed by atoms with Crippen LogP contribution in [0.1, 0.15) is 12.5 Å². The summed E-state index contributed by atoms with van der Waals surface area (Å²) >= 11 is 0. The average Bonchev–Trinajstić information content (AvgIpc) is 2.33. The van der Waals surface area contributed by atoms with Gasteiger partial charge in [-0.3, -0.25) is 0 Å². The highest BCUT2D eigenvalue weighted by Gasteiger charge is 2.03. The minimum atomic E-state index is 1.04. The Bertz CT molecular complexity index is 336. The molecule has 102 valence electrons. The number of nitrogens with zero attached hydrogens (tertiary/aromatic N) is 2. The molecule has 1 rings (SSSR count). The molecule has 3 nitrogen and oxygen atoms in total. The molecule has 1 N–H and O–H groups in total. The largest absolute Gasteiger partial charge is 0.371 e. The molecule has 0 heterocycles. The Balaban J connectivity index is 2.34. The number of aryl methyl sites for hydroxylation is 1. The molecular weight excluding hydrogens is 222 g/mol. The highest BCUT2D eigenvalue weighted by Crippen LogP contribution is 2.14. The lowest BCUT2D eigenvalue weighted by molar-refractivity contribution is 0.401. The predicted octanol–water partition coefficient (Wildman–Crippen LogP) is 1.97. The maximum absolute atomic E-state index is 3.48. The second-order valence-corrected chi connectivity index (χ2v) is 4.97. The van der Waals surface area contributed by atoms with Crippen LogP contribution >= 0.6 is 0 Å². The molecule has 0 fully saturated rings. The molecule has 1 aromatic rings. The lowest BCUT2D eigenvalue weighted by atomic mass is 10.2. The van der Waals surface area contributed by atoms with E-state index in [0.29, 0.717) is 0 Å². The second kappa shape index (κ2) is 8.11. The molecule has 0 radical (unpaired) electrons. The van der Waals surface area contributed by atoms with Crippen molar-refractivity contribution in [2.75, 3.05) is 51.7 Å². The molecule has 0 aliphatic rings. The van der Waals surface area contributed by atoms with Gasteiger partial charge in [-0.05, 0) is 45.6 Å². The number of anilines is 1. The SMILES string of the molecule is CCN(CCNCCN(C)C)c1cccc(C)c1. The van der Waals surface area contributed by atoms with Crippen molar-refractivity contribution in [3.63, 3.8) is 0 Å². The van der Waals surface area contributed by atoms with Crippen LogP contribution in [0.25, 0.3) is 0 Å². The van der Waals surface area contributed by atoms with Crippen LogP contribution in [-0.4, -0.2) is 51.7 Å². The summed E-state index contributed by atoms with van der Waals surface area (Å²) in [6, 6.07) is 8.72. The minimum Gasteiger partial charge on any atom is -0.371 e. The van der Waals surface area contributed by atoms with Gasteiger partial charge in [-0.2, -0.15) is 0 Å². The van der Waals surface area contributed by atoms with Gasteiger partial charge >= 0.3 is 0 Å². The Morgan fingerprint density at radius 1 is 1.11 bits per heavy atom. The van der Waals surface area contributed by atoms with Crippen molar-refractivity contribution in [1.82, 2.24) is 10.2 Å². The van der Waals surface area contributed by atoms with Gasteiger partial charge in [0.25, 0.3) is 0 Å². The summed E-state index contributed by atoms with van der Waals surface area (Å²) in [4.78, 5) is 4.61. The van der Waals surface area contributed by atoms with Gasteiger partial charge in [0, 0.05) is 38.4 Å². The van der Waals surface area contributed by atoms with Crippen LogP contribution in [0, 0.1) is 6.92 Å². The highest BCUT2D eigenvalue weighted by atomic mass is 15.1. The van der Waals surface area contributed by atoms with Crippen LogP contribution < -0.4 is 10.2 Å². The molecule has 0 saturated heterocycles. The third-order valence-corrected chi connectivity index (χ3v) is 3.04. The lowest BCUT2D eigenvalue weighted by Gasteiger charge is -2.24. The highest BCUT2D eigenvalue weighted by molar-refractivity contribution is 5.48. The monoisotopic (exact) mass is 249 g/mol. The fourth-order valence-electron chi connectivity index (χ4n) is 1.94. The van der Waals surface area contributed by atoms with Crippen LogP contribution in [0.3, 0.4) is 0 Å². The van der Waals surface area contributed by atoms with Gasteiger partial charge in [-0.15, -0.1) is 0 Å². The van der Waals surface area contributed by atoms with E-state index in [2.05, 4.69) is 67.3 Å². The third-order valence-electron chi connectivity index (χ3n) is 3.04. The molecule has 0 spiro atoms. The van der Waals surface area contributed by atoms with Crippen LogP contribution in [0.5, 0.6) is 0 Å². The third kappa shape index (κ3) is 5.52. The molecule has 0 aliphatic heterocycles. The Labute approximate surface area is 112 Å². The first kappa shape index (κ1) is 15.0. The van der Waals surface area contributed by atoms with Crippen molar-refractivity contribution in [1.29, 1.82) is 0 Å². The van der Waals surface area contributed by atoms with E-state index in [0.717, 1.165) is 32.7 Å². The summed E-state index contributed by atoms with van der Waals surface area (Å²) in [5.41, 5.74) is 2.65. The van der Waals surface area contributed by atoms with Crippen molar-refractivity contribution in [3.05, 3.63) is 29.8 Å². The Morgan fingerprint density at radius 3 is 2.44 bits per heavy atom. The van der Waals surface area contributed by atoms with Gasteiger partial charge < -0.3 is 15.1 Å². The second-order valence-electron chi connectivity index (χ2n) is 4.97. The molecule has 0 atom stereocenters. The number of hydrogen-bond donors (Lipinski definition) is 1. The first-order valence-electron chi connectivity index (χ1n) is 6.80. The fraction of sp³-hybridized carbons (Fsp3) is 0.600. The molecule has 1 aromatic carbocycles. The number of nitrogens with one attached hydrogen (secondary N) is 1. The normalized spacial score (nSPS) is 10.9. The zero-order valence-corrected chi connectivity index (χ0v) is 12.2. The topological polar surface area (TPSA) is 18.5 Å². The fourth-order valence-corrected chi connectivity index (χ4v) is 1.94. The number of rotatable bonds is 8. The average molecular weight is 249 g/mol.